The topological polar surface area (TPSA) is 118 Å². The van der Waals surface area contributed by atoms with E-state index >= 15 is 0 Å². The highest BCUT2D eigenvalue weighted by atomic mass is 32.2. The summed E-state index contributed by atoms with van der Waals surface area (Å²) in [5, 5.41) is 2.72. The van der Waals surface area contributed by atoms with Gasteiger partial charge in [-0.1, -0.05) is 12.1 Å². The van der Waals surface area contributed by atoms with E-state index in [1.165, 1.54) is 33.5 Å². The molecule has 0 amide bonds. The number of benzene rings is 3. The van der Waals surface area contributed by atoms with Gasteiger partial charge in [0.1, 0.15) is 19.0 Å². The lowest BCUT2D eigenvalue weighted by Gasteiger charge is -2.18. The van der Waals surface area contributed by atoms with Crippen molar-refractivity contribution in [3.05, 3.63) is 60.7 Å². The standard InChI is InChI=1S/C26H24N2O8S/c1-31-19-7-5-4-6-18(19)27-25-26(28-24(36-25)16-8-10-20(32-2)22(14-16)33-3)37(29,30)17-9-11-21-23(15-17)35-13-12-34-21/h4-11,14-15,27H,12-13H2,1-3H3. The molecule has 0 bridgehead atoms. The Balaban J connectivity index is 1.64. The quantitative estimate of drug-likeness (QED) is 0.347. The zero-order valence-electron chi connectivity index (χ0n) is 20.3. The molecule has 4 aromatic rings. The zero-order chi connectivity index (χ0) is 26.0. The number of anilines is 2. The number of rotatable bonds is 8. The van der Waals surface area contributed by atoms with Crippen LogP contribution in [0.4, 0.5) is 11.6 Å². The van der Waals surface area contributed by atoms with Crippen molar-refractivity contribution in [1.29, 1.82) is 0 Å². The van der Waals surface area contributed by atoms with E-state index in [2.05, 4.69) is 10.3 Å². The number of hydrogen-bond acceptors (Lipinski definition) is 10. The van der Waals surface area contributed by atoms with Crippen molar-refractivity contribution in [2.24, 2.45) is 0 Å². The highest BCUT2D eigenvalue weighted by Crippen LogP contribution is 2.40. The molecule has 0 atom stereocenters. The number of para-hydroxylation sites is 2. The summed E-state index contributed by atoms with van der Waals surface area (Å²) in [4.78, 5) is 4.38. The summed E-state index contributed by atoms with van der Waals surface area (Å²) >= 11 is 0. The summed E-state index contributed by atoms with van der Waals surface area (Å²) in [6.07, 6.45) is 0. The van der Waals surface area contributed by atoms with Crippen LogP contribution in [0.5, 0.6) is 28.7 Å². The summed E-state index contributed by atoms with van der Waals surface area (Å²) in [6, 6.07) is 16.5. The molecule has 1 aromatic heterocycles. The Labute approximate surface area is 213 Å². The molecular formula is C26H24N2O8S. The number of methoxy groups -OCH3 is 3. The van der Waals surface area contributed by atoms with Gasteiger partial charge >= 0.3 is 0 Å². The van der Waals surface area contributed by atoms with Gasteiger partial charge in [0.25, 0.3) is 0 Å². The van der Waals surface area contributed by atoms with E-state index in [-0.39, 0.29) is 21.7 Å². The molecule has 1 aliphatic heterocycles. The molecule has 0 saturated heterocycles. The molecule has 1 aliphatic rings. The highest BCUT2D eigenvalue weighted by molar-refractivity contribution is 7.91. The summed E-state index contributed by atoms with van der Waals surface area (Å²) in [5.41, 5.74) is 0.989. The van der Waals surface area contributed by atoms with E-state index in [4.69, 9.17) is 28.1 Å². The number of nitrogens with zero attached hydrogens (tertiary/aromatic N) is 1. The number of fused-ring (bicyclic) bond motifs is 1. The SMILES string of the molecule is COc1ccccc1Nc1oc(-c2ccc(OC)c(OC)c2)nc1S(=O)(=O)c1ccc2c(c1)OCCO2. The Kier molecular flexibility index (Phi) is 6.53. The van der Waals surface area contributed by atoms with E-state index in [9.17, 15) is 8.42 Å². The second-order valence-electron chi connectivity index (χ2n) is 7.86. The van der Waals surface area contributed by atoms with Gasteiger partial charge in [0.15, 0.2) is 23.0 Å². The minimum absolute atomic E-state index is 0.0213. The summed E-state index contributed by atoms with van der Waals surface area (Å²) in [7, 11) is 0.386. The molecule has 0 radical (unpaired) electrons. The van der Waals surface area contributed by atoms with Gasteiger partial charge in [-0.05, 0) is 42.5 Å². The average Bonchev–Trinajstić information content (AvgIpc) is 3.37. The van der Waals surface area contributed by atoms with Gasteiger partial charge < -0.3 is 33.4 Å². The Hall–Kier alpha value is -4.38. The molecule has 192 valence electrons. The lowest BCUT2D eigenvalue weighted by atomic mass is 10.2. The molecule has 0 aliphatic carbocycles. The van der Waals surface area contributed by atoms with Gasteiger partial charge in [-0.3, -0.25) is 0 Å². The van der Waals surface area contributed by atoms with Crippen LogP contribution in [0.1, 0.15) is 0 Å². The number of ether oxygens (including phenoxy) is 5. The van der Waals surface area contributed by atoms with Gasteiger partial charge in [0.05, 0.1) is 31.9 Å². The maximum Gasteiger partial charge on any atom is 0.238 e. The molecule has 0 fully saturated rings. The fourth-order valence-corrected chi connectivity index (χ4v) is 5.11. The van der Waals surface area contributed by atoms with E-state index in [1.807, 2.05) is 0 Å². The Morgan fingerprint density at radius 3 is 2.30 bits per heavy atom. The Morgan fingerprint density at radius 2 is 1.54 bits per heavy atom. The Bertz CT molecular complexity index is 1550. The first-order valence-electron chi connectivity index (χ1n) is 11.2. The minimum Gasteiger partial charge on any atom is -0.495 e. The van der Waals surface area contributed by atoms with Gasteiger partial charge in [0, 0.05) is 11.6 Å². The second kappa shape index (κ2) is 9.94. The van der Waals surface area contributed by atoms with Crippen molar-refractivity contribution in [3.63, 3.8) is 0 Å². The molecule has 0 unspecified atom stereocenters. The number of hydrogen-bond donors (Lipinski definition) is 1. The van der Waals surface area contributed by atoms with Crippen molar-refractivity contribution in [2.75, 3.05) is 39.9 Å². The lowest BCUT2D eigenvalue weighted by Crippen LogP contribution is -2.16. The predicted octanol–water partition coefficient (Wildman–Crippen LogP) is 4.72. The fourth-order valence-electron chi connectivity index (χ4n) is 3.83. The maximum absolute atomic E-state index is 13.8. The predicted molar refractivity (Wildman–Crippen MR) is 134 cm³/mol. The number of oxazole rings is 1. The highest BCUT2D eigenvalue weighted by Gasteiger charge is 2.31. The summed E-state index contributed by atoms with van der Waals surface area (Å²) in [5.74, 6) is 2.25. The van der Waals surface area contributed by atoms with Crippen molar-refractivity contribution < 1.29 is 36.5 Å². The number of nitrogens with one attached hydrogen (secondary N) is 1. The Morgan fingerprint density at radius 1 is 0.811 bits per heavy atom. The lowest BCUT2D eigenvalue weighted by molar-refractivity contribution is 0.171. The van der Waals surface area contributed by atoms with Crippen molar-refractivity contribution >= 4 is 21.4 Å². The van der Waals surface area contributed by atoms with E-state index in [1.54, 1.807) is 48.5 Å². The van der Waals surface area contributed by atoms with Crippen LogP contribution in [-0.4, -0.2) is 47.9 Å². The van der Waals surface area contributed by atoms with Crippen LogP contribution in [-0.2, 0) is 9.84 Å². The van der Waals surface area contributed by atoms with E-state index < -0.39 is 9.84 Å². The normalized spacial score (nSPS) is 12.6. The van der Waals surface area contributed by atoms with Crippen LogP contribution in [0.3, 0.4) is 0 Å². The zero-order valence-corrected chi connectivity index (χ0v) is 21.1. The second-order valence-corrected chi connectivity index (χ2v) is 9.72. The van der Waals surface area contributed by atoms with Crippen LogP contribution in [0.2, 0.25) is 0 Å². The first-order chi connectivity index (χ1) is 17.9. The molecule has 11 heteroatoms. The first-order valence-corrected chi connectivity index (χ1v) is 12.7. The number of sulfone groups is 1. The van der Waals surface area contributed by atoms with Crippen LogP contribution >= 0.6 is 0 Å². The number of aromatic nitrogens is 1. The molecule has 37 heavy (non-hydrogen) atoms. The third kappa shape index (κ3) is 4.60. The molecule has 5 rings (SSSR count). The van der Waals surface area contributed by atoms with E-state index in [0.717, 1.165) is 0 Å². The first kappa shape index (κ1) is 24.3. The van der Waals surface area contributed by atoms with Crippen LogP contribution in [0.25, 0.3) is 11.5 Å². The summed E-state index contributed by atoms with van der Waals surface area (Å²) < 4.78 is 60.8. The van der Waals surface area contributed by atoms with Crippen molar-refractivity contribution in [2.45, 2.75) is 9.92 Å². The van der Waals surface area contributed by atoms with E-state index in [0.29, 0.717) is 53.2 Å². The molecule has 0 saturated carbocycles. The molecule has 1 N–H and O–H groups in total. The minimum atomic E-state index is -4.16. The van der Waals surface area contributed by atoms with Crippen LogP contribution in [0.15, 0.2) is 75.0 Å². The third-order valence-electron chi connectivity index (χ3n) is 5.66. The maximum atomic E-state index is 13.8. The molecule has 2 heterocycles. The van der Waals surface area contributed by atoms with Gasteiger partial charge in [0.2, 0.25) is 26.6 Å². The van der Waals surface area contributed by atoms with Gasteiger partial charge in [-0.2, -0.15) is 4.98 Å². The van der Waals surface area contributed by atoms with Crippen LogP contribution < -0.4 is 29.0 Å². The van der Waals surface area contributed by atoms with Gasteiger partial charge in [-0.15, -0.1) is 0 Å². The largest absolute Gasteiger partial charge is 0.495 e. The summed E-state index contributed by atoms with van der Waals surface area (Å²) in [6.45, 7) is 0.717. The van der Waals surface area contributed by atoms with Gasteiger partial charge in [-0.25, -0.2) is 8.42 Å². The third-order valence-corrected chi connectivity index (χ3v) is 7.32. The molecular weight excluding hydrogens is 500 g/mol. The smallest absolute Gasteiger partial charge is 0.238 e. The molecule has 3 aromatic carbocycles. The molecule has 0 spiro atoms. The average molecular weight is 525 g/mol. The monoisotopic (exact) mass is 524 g/mol. The van der Waals surface area contributed by atoms with Crippen molar-refractivity contribution in [3.8, 4) is 40.2 Å². The van der Waals surface area contributed by atoms with Crippen molar-refractivity contribution in [1.82, 2.24) is 4.98 Å². The molecule has 10 nitrogen and oxygen atoms in total. The fraction of sp³-hybridized carbons (Fsp3) is 0.192. The van der Waals surface area contributed by atoms with Crippen LogP contribution in [0, 0.1) is 0 Å².